The molecule has 5 heteroatoms. The molecular formula is C13H13ClN2O2. The van der Waals surface area contributed by atoms with Gasteiger partial charge < -0.3 is 15.0 Å². The second-order valence-electron chi connectivity index (χ2n) is 5.09. The smallest absolute Gasteiger partial charge is 0.229 e. The Hall–Kier alpha value is -1.68. The molecule has 1 aromatic carbocycles. The number of hydrogen-bond donors (Lipinski definition) is 1. The molecule has 0 atom stereocenters. The zero-order chi connectivity index (χ0) is 12.9. The number of ether oxygens (including phenoxy) is 1. The summed E-state index contributed by atoms with van der Waals surface area (Å²) in [6.45, 7) is 4.08. The molecular weight excluding hydrogens is 252 g/mol. The molecule has 0 saturated heterocycles. The van der Waals surface area contributed by atoms with Crippen molar-refractivity contribution in [2.75, 3.05) is 5.73 Å². The Kier molecular flexibility index (Phi) is 2.32. The van der Waals surface area contributed by atoms with E-state index in [0.717, 1.165) is 28.9 Å². The van der Waals surface area contributed by atoms with Crippen molar-refractivity contribution < 1.29 is 9.26 Å². The van der Waals surface area contributed by atoms with E-state index in [1.807, 2.05) is 26.0 Å². The molecule has 94 valence electrons. The van der Waals surface area contributed by atoms with Crippen LogP contribution in [-0.4, -0.2) is 10.8 Å². The maximum Gasteiger partial charge on any atom is 0.229 e. The molecule has 2 heterocycles. The summed E-state index contributed by atoms with van der Waals surface area (Å²) in [5, 5.41) is 4.27. The van der Waals surface area contributed by atoms with Gasteiger partial charge in [0.25, 0.3) is 0 Å². The largest absolute Gasteiger partial charge is 0.486 e. The van der Waals surface area contributed by atoms with Gasteiger partial charge in [0.15, 0.2) is 0 Å². The van der Waals surface area contributed by atoms with Crippen LogP contribution < -0.4 is 10.5 Å². The summed E-state index contributed by atoms with van der Waals surface area (Å²) in [6, 6.07) is 3.85. The van der Waals surface area contributed by atoms with Crippen LogP contribution in [0.15, 0.2) is 22.9 Å². The Balaban J connectivity index is 2.12. The van der Waals surface area contributed by atoms with E-state index in [4.69, 9.17) is 26.6 Å². The molecule has 1 aliphatic heterocycles. The van der Waals surface area contributed by atoms with Crippen molar-refractivity contribution in [1.29, 1.82) is 0 Å². The molecule has 0 radical (unpaired) electrons. The summed E-state index contributed by atoms with van der Waals surface area (Å²) < 4.78 is 10.7. The van der Waals surface area contributed by atoms with Crippen LogP contribution in [0, 0.1) is 0 Å². The summed E-state index contributed by atoms with van der Waals surface area (Å²) in [5.74, 6) is 1.06. The topological polar surface area (TPSA) is 61.3 Å². The van der Waals surface area contributed by atoms with E-state index < -0.39 is 0 Å². The first-order chi connectivity index (χ1) is 8.46. The molecule has 0 unspecified atom stereocenters. The lowest BCUT2D eigenvalue weighted by Crippen LogP contribution is -2.24. The molecule has 0 fully saturated rings. The molecule has 18 heavy (non-hydrogen) atoms. The van der Waals surface area contributed by atoms with Crippen LogP contribution >= 0.6 is 11.6 Å². The molecule has 0 spiro atoms. The Morgan fingerprint density at radius 1 is 1.39 bits per heavy atom. The van der Waals surface area contributed by atoms with E-state index in [9.17, 15) is 0 Å². The van der Waals surface area contributed by atoms with Crippen LogP contribution in [0.25, 0.3) is 11.1 Å². The minimum Gasteiger partial charge on any atom is -0.486 e. The van der Waals surface area contributed by atoms with Crippen molar-refractivity contribution in [1.82, 2.24) is 5.16 Å². The molecule has 0 saturated carbocycles. The molecule has 4 nitrogen and oxygen atoms in total. The van der Waals surface area contributed by atoms with Crippen LogP contribution in [0.5, 0.6) is 5.75 Å². The van der Waals surface area contributed by atoms with Crippen molar-refractivity contribution in [3.63, 3.8) is 0 Å². The fourth-order valence-electron chi connectivity index (χ4n) is 2.29. The van der Waals surface area contributed by atoms with E-state index in [1.165, 1.54) is 0 Å². The minimum absolute atomic E-state index is 0.217. The van der Waals surface area contributed by atoms with Gasteiger partial charge in [0.1, 0.15) is 11.4 Å². The first-order valence-corrected chi connectivity index (χ1v) is 6.06. The highest BCUT2D eigenvalue weighted by atomic mass is 35.5. The summed E-state index contributed by atoms with van der Waals surface area (Å²) in [5.41, 5.74) is 8.24. The summed E-state index contributed by atoms with van der Waals surface area (Å²) >= 11 is 6.25. The lowest BCUT2D eigenvalue weighted by molar-refractivity contribution is 0.138. The monoisotopic (exact) mass is 264 g/mol. The van der Waals surface area contributed by atoms with Crippen LogP contribution in [0.4, 0.5) is 5.88 Å². The third-order valence-corrected chi connectivity index (χ3v) is 3.31. The number of benzene rings is 1. The quantitative estimate of drug-likeness (QED) is 0.859. The summed E-state index contributed by atoms with van der Waals surface area (Å²) in [7, 11) is 0. The minimum atomic E-state index is -0.217. The zero-order valence-electron chi connectivity index (χ0n) is 10.2. The lowest BCUT2D eigenvalue weighted by Gasteiger charge is -2.17. The van der Waals surface area contributed by atoms with Gasteiger partial charge in [-0.2, -0.15) is 0 Å². The molecule has 1 aliphatic rings. The van der Waals surface area contributed by atoms with Gasteiger partial charge in [-0.1, -0.05) is 16.8 Å². The third kappa shape index (κ3) is 1.73. The fourth-order valence-corrected chi connectivity index (χ4v) is 2.57. The van der Waals surface area contributed by atoms with Gasteiger partial charge in [0.2, 0.25) is 5.88 Å². The van der Waals surface area contributed by atoms with Crippen LogP contribution in [-0.2, 0) is 6.42 Å². The van der Waals surface area contributed by atoms with Gasteiger partial charge >= 0.3 is 0 Å². The van der Waals surface area contributed by atoms with Crippen molar-refractivity contribution in [3.05, 3.63) is 28.9 Å². The first kappa shape index (κ1) is 11.4. The van der Waals surface area contributed by atoms with E-state index in [2.05, 4.69) is 5.16 Å². The highest BCUT2D eigenvalue weighted by molar-refractivity contribution is 6.32. The van der Waals surface area contributed by atoms with Gasteiger partial charge in [-0.15, -0.1) is 0 Å². The normalized spacial score (nSPS) is 16.4. The molecule has 0 aliphatic carbocycles. The third-order valence-electron chi connectivity index (χ3n) is 3.02. The predicted octanol–water partition coefficient (Wildman–Crippen LogP) is 3.29. The Morgan fingerprint density at radius 3 is 2.83 bits per heavy atom. The number of fused-ring (bicyclic) bond motifs is 1. The van der Waals surface area contributed by atoms with Crippen molar-refractivity contribution in [2.24, 2.45) is 0 Å². The van der Waals surface area contributed by atoms with Gasteiger partial charge in [-0.05, 0) is 31.5 Å². The van der Waals surface area contributed by atoms with E-state index in [1.54, 1.807) is 6.20 Å². The molecule has 1 aromatic heterocycles. The van der Waals surface area contributed by atoms with Crippen molar-refractivity contribution >= 4 is 17.5 Å². The summed E-state index contributed by atoms with van der Waals surface area (Å²) in [6.07, 6.45) is 2.41. The average Bonchev–Trinajstić information content (AvgIpc) is 2.80. The number of anilines is 1. The number of rotatable bonds is 1. The Bertz CT molecular complexity index is 619. The number of halogens is 1. The second kappa shape index (κ2) is 3.65. The van der Waals surface area contributed by atoms with E-state index in [-0.39, 0.29) is 5.60 Å². The van der Waals surface area contributed by atoms with Gasteiger partial charge in [-0.25, -0.2) is 0 Å². The Morgan fingerprint density at radius 2 is 2.17 bits per heavy atom. The van der Waals surface area contributed by atoms with E-state index >= 15 is 0 Å². The van der Waals surface area contributed by atoms with Gasteiger partial charge in [-0.3, -0.25) is 0 Å². The predicted molar refractivity (Wildman–Crippen MR) is 69.8 cm³/mol. The number of nitrogens with zero attached hydrogens (tertiary/aromatic N) is 1. The molecule has 2 aromatic rings. The highest BCUT2D eigenvalue weighted by Gasteiger charge is 2.32. The Labute approximate surface area is 110 Å². The average molecular weight is 265 g/mol. The van der Waals surface area contributed by atoms with Crippen molar-refractivity contribution in [3.8, 4) is 16.9 Å². The van der Waals surface area contributed by atoms with Gasteiger partial charge in [0.05, 0.1) is 16.8 Å². The highest BCUT2D eigenvalue weighted by Crippen LogP contribution is 2.43. The molecule has 0 bridgehead atoms. The van der Waals surface area contributed by atoms with Gasteiger partial charge in [0, 0.05) is 12.0 Å². The SMILES string of the molecule is CC1(C)Cc2cc(-c3cnoc3N)cc(Cl)c2O1. The fraction of sp³-hybridized carbons (Fsp3) is 0.308. The van der Waals surface area contributed by atoms with Crippen molar-refractivity contribution in [2.45, 2.75) is 25.9 Å². The molecule has 2 N–H and O–H groups in total. The zero-order valence-corrected chi connectivity index (χ0v) is 10.9. The maximum absolute atomic E-state index is 6.25. The van der Waals surface area contributed by atoms with E-state index in [0.29, 0.717) is 10.9 Å². The number of hydrogen-bond acceptors (Lipinski definition) is 4. The molecule has 3 rings (SSSR count). The maximum atomic E-state index is 6.25. The number of aromatic nitrogens is 1. The second-order valence-corrected chi connectivity index (χ2v) is 5.50. The van der Waals surface area contributed by atoms with Crippen LogP contribution in [0.3, 0.4) is 0 Å². The molecule has 0 amide bonds. The van der Waals surface area contributed by atoms with Crippen LogP contribution in [0.1, 0.15) is 19.4 Å². The summed E-state index contributed by atoms with van der Waals surface area (Å²) in [4.78, 5) is 0. The standard InChI is InChI=1S/C13H13ClN2O2/c1-13(2)5-8-3-7(4-10(14)11(8)17-13)9-6-16-18-12(9)15/h3-4,6H,5,15H2,1-2H3. The number of nitrogen functional groups attached to an aromatic ring is 1. The first-order valence-electron chi connectivity index (χ1n) is 5.68. The lowest BCUT2D eigenvalue weighted by atomic mass is 9.98. The number of nitrogens with two attached hydrogens (primary N) is 1. The van der Waals surface area contributed by atoms with Crippen LogP contribution in [0.2, 0.25) is 5.02 Å².